The summed E-state index contributed by atoms with van der Waals surface area (Å²) in [7, 11) is 1.72. The van der Waals surface area contributed by atoms with Gasteiger partial charge in [0.05, 0.1) is 6.61 Å². The van der Waals surface area contributed by atoms with Gasteiger partial charge in [0.2, 0.25) is 0 Å². The maximum Gasteiger partial charge on any atom is 0.317 e. The molecule has 0 saturated carbocycles. The van der Waals surface area contributed by atoms with Crippen molar-refractivity contribution in [2.24, 2.45) is 5.92 Å². The van der Waals surface area contributed by atoms with E-state index in [1.807, 2.05) is 35.2 Å². The van der Waals surface area contributed by atoms with Gasteiger partial charge in [0, 0.05) is 32.7 Å². The van der Waals surface area contributed by atoms with Crippen molar-refractivity contribution in [2.45, 2.75) is 19.4 Å². The zero-order chi connectivity index (χ0) is 13.5. The SMILES string of the molecule is COCC1CCCN(C(=O)NCc2ccccc2)C1. The lowest BCUT2D eigenvalue weighted by atomic mass is 9.99. The molecule has 19 heavy (non-hydrogen) atoms. The Bertz CT molecular complexity index is 392. The Balaban J connectivity index is 1.79. The predicted molar refractivity (Wildman–Crippen MR) is 74.9 cm³/mol. The molecule has 104 valence electrons. The highest BCUT2D eigenvalue weighted by molar-refractivity contribution is 5.74. The summed E-state index contributed by atoms with van der Waals surface area (Å²) in [5.74, 6) is 0.473. The van der Waals surface area contributed by atoms with Crippen LogP contribution in [0.15, 0.2) is 30.3 Å². The van der Waals surface area contributed by atoms with Crippen LogP contribution in [0, 0.1) is 5.92 Å². The first-order chi connectivity index (χ1) is 9.29. The molecule has 1 heterocycles. The van der Waals surface area contributed by atoms with Crippen LogP contribution in [0.2, 0.25) is 0 Å². The molecule has 0 bridgehead atoms. The number of piperidine rings is 1. The molecule has 0 spiro atoms. The third kappa shape index (κ3) is 4.24. The number of nitrogens with one attached hydrogen (secondary N) is 1. The minimum absolute atomic E-state index is 0.0321. The van der Waals surface area contributed by atoms with Crippen molar-refractivity contribution in [2.75, 3.05) is 26.8 Å². The molecule has 1 saturated heterocycles. The fourth-order valence-corrected chi connectivity index (χ4v) is 2.51. The maximum atomic E-state index is 12.1. The Morgan fingerprint density at radius 2 is 2.21 bits per heavy atom. The molecule has 1 atom stereocenters. The van der Waals surface area contributed by atoms with Crippen LogP contribution in [0.1, 0.15) is 18.4 Å². The number of hydrogen-bond donors (Lipinski definition) is 1. The van der Waals surface area contributed by atoms with Crippen LogP contribution in [0.25, 0.3) is 0 Å². The van der Waals surface area contributed by atoms with Crippen molar-refractivity contribution < 1.29 is 9.53 Å². The number of ether oxygens (including phenoxy) is 1. The van der Waals surface area contributed by atoms with E-state index in [-0.39, 0.29) is 6.03 Å². The topological polar surface area (TPSA) is 41.6 Å². The van der Waals surface area contributed by atoms with Crippen molar-refractivity contribution in [3.05, 3.63) is 35.9 Å². The van der Waals surface area contributed by atoms with Gasteiger partial charge >= 0.3 is 6.03 Å². The monoisotopic (exact) mass is 262 g/mol. The highest BCUT2D eigenvalue weighted by Crippen LogP contribution is 2.16. The summed E-state index contributed by atoms with van der Waals surface area (Å²) in [5.41, 5.74) is 1.13. The molecule has 1 fully saturated rings. The maximum absolute atomic E-state index is 12.1. The van der Waals surface area contributed by atoms with Crippen LogP contribution in [-0.2, 0) is 11.3 Å². The quantitative estimate of drug-likeness (QED) is 0.904. The molecule has 0 aliphatic carbocycles. The van der Waals surface area contributed by atoms with E-state index < -0.39 is 0 Å². The van der Waals surface area contributed by atoms with E-state index in [9.17, 15) is 4.79 Å². The number of nitrogens with zero attached hydrogens (tertiary/aromatic N) is 1. The molecule has 1 N–H and O–H groups in total. The van der Waals surface area contributed by atoms with Gasteiger partial charge in [-0.1, -0.05) is 30.3 Å². The first-order valence-electron chi connectivity index (χ1n) is 6.85. The molecular formula is C15H22N2O2. The molecule has 1 aromatic carbocycles. The summed E-state index contributed by atoms with van der Waals surface area (Å²) in [6.45, 7) is 2.98. The number of benzene rings is 1. The van der Waals surface area contributed by atoms with E-state index in [1.54, 1.807) is 7.11 Å². The fourth-order valence-electron chi connectivity index (χ4n) is 2.51. The summed E-state index contributed by atoms with van der Waals surface area (Å²) in [4.78, 5) is 14.0. The van der Waals surface area contributed by atoms with Gasteiger partial charge in [0.25, 0.3) is 0 Å². The van der Waals surface area contributed by atoms with Gasteiger partial charge in [-0.05, 0) is 18.4 Å². The Hall–Kier alpha value is -1.55. The van der Waals surface area contributed by atoms with E-state index >= 15 is 0 Å². The number of rotatable bonds is 4. The number of urea groups is 1. The largest absolute Gasteiger partial charge is 0.384 e. The molecule has 1 aliphatic heterocycles. The van der Waals surface area contributed by atoms with E-state index in [2.05, 4.69) is 5.32 Å². The second-order valence-electron chi connectivity index (χ2n) is 5.05. The molecule has 1 aliphatic rings. The number of amides is 2. The summed E-state index contributed by atoms with van der Waals surface area (Å²) in [6.07, 6.45) is 2.21. The van der Waals surface area contributed by atoms with E-state index in [4.69, 9.17) is 4.74 Å². The smallest absolute Gasteiger partial charge is 0.317 e. The van der Waals surface area contributed by atoms with Gasteiger partial charge < -0.3 is 15.0 Å². The number of likely N-dealkylation sites (tertiary alicyclic amines) is 1. The summed E-state index contributed by atoms with van der Waals surface area (Å²) in [5, 5.41) is 2.98. The van der Waals surface area contributed by atoms with Crippen LogP contribution >= 0.6 is 0 Å². The summed E-state index contributed by atoms with van der Waals surface area (Å²) in [6, 6.07) is 10.0. The number of hydrogen-bond acceptors (Lipinski definition) is 2. The Morgan fingerprint density at radius 3 is 2.95 bits per heavy atom. The lowest BCUT2D eigenvalue weighted by molar-refractivity contribution is 0.100. The highest BCUT2D eigenvalue weighted by atomic mass is 16.5. The number of methoxy groups -OCH3 is 1. The third-order valence-corrected chi connectivity index (χ3v) is 3.50. The van der Waals surface area contributed by atoms with Crippen molar-refractivity contribution >= 4 is 6.03 Å². The molecule has 0 radical (unpaired) electrons. The van der Waals surface area contributed by atoms with Gasteiger partial charge in [0.15, 0.2) is 0 Å². The molecule has 2 amide bonds. The lowest BCUT2D eigenvalue weighted by Crippen LogP contribution is -2.46. The second kappa shape index (κ2) is 7.14. The molecule has 1 aromatic rings. The zero-order valence-corrected chi connectivity index (χ0v) is 11.5. The van der Waals surface area contributed by atoms with Crippen LogP contribution in [0.4, 0.5) is 4.79 Å². The average Bonchev–Trinajstić information content (AvgIpc) is 2.46. The van der Waals surface area contributed by atoms with Gasteiger partial charge in [-0.3, -0.25) is 0 Å². The van der Waals surface area contributed by atoms with Gasteiger partial charge in [-0.15, -0.1) is 0 Å². The third-order valence-electron chi connectivity index (χ3n) is 3.50. The van der Waals surface area contributed by atoms with Crippen LogP contribution in [0.5, 0.6) is 0 Å². The van der Waals surface area contributed by atoms with Crippen LogP contribution in [-0.4, -0.2) is 37.7 Å². The van der Waals surface area contributed by atoms with E-state index in [0.717, 1.165) is 38.1 Å². The zero-order valence-electron chi connectivity index (χ0n) is 11.5. The number of carbonyl (C=O) groups is 1. The van der Waals surface area contributed by atoms with Crippen molar-refractivity contribution in [3.63, 3.8) is 0 Å². The summed E-state index contributed by atoms with van der Waals surface area (Å²) >= 11 is 0. The molecular weight excluding hydrogens is 240 g/mol. The number of carbonyl (C=O) groups excluding carboxylic acids is 1. The Morgan fingerprint density at radius 1 is 1.42 bits per heavy atom. The molecule has 1 unspecified atom stereocenters. The van der Waals surface area contributed by atoms with Crippen LogP contribution < -0.4 is 5.32 Å². The molecule has 4 nitrogen and oxygen atoms in total. The van der Waals surface area contributed by atoms with E-state index in [1.165, 1.54) is 0 Å². The Kier molecular flexibility index (Phi) is 5.21. The van der Waals surface area contributed by atoms with Gasteiger partial charge in [-0.2, -0.15) is 0 Å². The van der Waals surface area contributed by atoms with Crippen molar-refractivity contribution in [1.82, 2.24) is 10.2 Å². The predicted octanol–water partition coefficient (Wildman–Crippen LogP) is 2.25. The van der Waals surface area contributed by atoms with E-state index in [0.29, 0.717) is 12.5 Å². The molecule has 4 heteroatoms. The van der Waals surface area contributed by atoms with Gasteiger partial charge in [0.1, 0.15) is 0 Å². The normalized spacial score (nSPS) is 19.2. The van der Waals surface area contributed by atoms with Crippen LogP contribution in [0.3, 0.4) is 0 Å². The minimum atomic E-state index is 0.0321. The molecule has 0 aromatic heterocycles. The first kappa shape index (κ1) is 13.9. The fraction of sp³-hybridized carbons (Fsp3) is 0.533. The highest BCUT2D eigenvalue weighted by Gasteiger charge is 2.23. The van der Waals surface area contributed by atoms with Crippen molar-refractivity contribution in [1.29, 1.82) is 0 Å². The second-order valence-corrected chi connectivity index (χ2v) is 5.05. The summed E-state index contributed by atoms with van der Waals surface area (Å²) < 4.78 is 5.18. The average molecular weight is 262 g/mol. The minimum Gasteiger partial charge on any atom is -0.384 e. The van der Waals surface area contributed by atoms with Crippen molar-refractivity contribution in [3.8, 4) is 0 Å². The standard InChI is InChI=1S/C15H22N2O2/c1-19-12-14-8-5-9-17(11-14)15(18)16-10-13-6-3-2-4-7-13/h2-4,6-7,14H,5,8-12H2,1H3,(H,16,18). The lowest BCUT2D eigenvalue weighted by Gasteiger charge is -2.32. The van der Waals surface area contributed by atoms with Gasteiger partial charge in [-0.25, -0.2) is 4.79 Å². The Labute approximate surface area is 114 Å². The first-order valence-corrected chi connectivity index (χ1v) is 6.85. The molecule has 2 rings (SSSR count).